The molecule has 1 aromatic carbocycles. The van der Waals surface area contributed by atoms with Gasteiger partial charge < -0.3 is 24.3 Å². The van der Waals surface area contributed by atoms with Crippen molar-refractivity contribution in [3.8, 4) is 5.75 Å². The van der Waals surface area contributed by atoms with Gasteiger partial charge >= 0.3 is 6.03 Å². The largest absolute Gasteiger partial charge is 0.492 e. The third-order valence-electron chi connectivity index (χ3n) is 6.82. The van der Waals surface area contributed by atoms with E-state index in [9.17, 15) is 13.6 Å². The van der Waals surface area contributed by atoms with Gasteiger partial charge in [-0.25, -0.2) is 13.6 Å². The SMILES string of the molecule is CN1C=C2N=C(N3CCN(c4c(F)cc(OCCN5CCN(C)CC5)cc4F)CC3)NC(=O)N2C1. The van der Waals surface area contributed by atoms with Gasteiger partial charge in [0.25, 0.3) is 0 Å². The molecular weight excluding hydrogens is 458 g/mol. The second-order valence-corrected chi connectivity index (χ2v) is 9.38. The first-order valence-corrected chi connectivity index (χ1v) is 12.0. The van der Waals surface area contributed by atoms with Crippen LogP contribution in [0.25, 0.3) is 0 Å². The van der Waals surface area contributed by atoms with Crippen molar-refractivity contribution < 1.29 is 18.3 Å². The molecule has 190 valence electrons. The standard InChI is InChI=1S/C23H32F2N8O2/c1-28-3-5-30(6-4-28)11-12-35-17-13-18(24)21(19(25)14-17)31-7-9-32(10-8-31)22-26-20-15-29(2)16-33(20)23(34)27-22/h13-15H,3-12,16H2,1-2H3,(H,26,27,34). The highest BCUT2D eigenvalue weighted by Crippen LogP contribution is 2.29. The summed E-state index contributed by atoms with van der Waals surface area (Å²) in [5, 5.41) is 2.81. The van der Waals surface area contributed by atoms with Gasteiger partial charge in [0.05, 0.1) is 0 Å². The van der Waals surface area contributed by atoms with E-state index in [1.165, 1.54) is 12.1 Å². The molecule has 0 unspecified atom stereocenters. The summed E-state index contributed by atoms with van der Waals surface area (Å²) in [6.45, 7) is 7.28. The van der Waals surface area contributed by atoms with Gasteiger partial charge in [-0.3, -0.25) is 15.1 Å². The third-order valence-corrected chi connectivity index (χ3v) is 6.82. The first-order chi connectivity index (χ1) is 16.9. The number of carbonyl (C=O) groups excluding carboxylic acids is 1. The van der Waals surface area contributed by atoms with E-state index in [-0.39, 0.29) is 17.5 Å². The first kappa shape index (κ1) is 23.6. The zero-order valence-electron chi connectivity index (χ0n) is 20.2. The lowest BCUT2D eigenvalue weighted by atomic mass is 10.2. The fourth-order valence-electron chi connectivity index (χ4n) is 4.74. The molecule has 1 N–H and O–H groups in total. The number of hydrogen-bond acceptors (Lipinski definition) is 8. The second kappa shape index (κ2) is 9.86. The summed E-state index contributed by atoms with van der Waals surface area (Å²) < 4.78 is 35.5. The number of likely N-dealkylation sites (N-methyl/N-ethyl adjacent to an activating group) is 1. The topological polar surface area (TPSA) is 70.1 Å². The molecule has 0 saturated carbocycles. The number of ether oxygens (including phenoxy) is 1. The molecule has 2 amide bonds. The molecular formula is C23H32F2N8O2. The molecule has 5 rings (SSSR count). The molecule has 10 nitrogen and oxygen atoms in total. The fraction of sp³-hybridized carbons (Fsp3) is 0.565. The molecule has 35 heavy (non-hydrogen) atoms. The summed E-state index contributed by atoms with van der Waals surface area (Å²) in [5.41, 5.74) is -0.0445. The molecule has 0 spiro atoms. The Kier molecular flexibility index (Phi) is 6.65. The van der Waals surface area contributed by atoms with Gasteiger partial charge in [-0.05, 0) is 7.05 Å². The number of aliphatic imine (C=N–C) groups is 1. The summed E-state index contributed by atoms with van der Waals surface area (Å²) in [5.74, 6) is -0.00101. The molecule has 2 saturated heterocycles. The molecule has 1 aromatic rings. The Morgan fingerprint density at radius 2 is 1.63 bits per heavy atom. The van der Waals surface area contributed by atoms with Gasteiger partial charge in [0.2, 0.25) is 5.96 Å². The van der Waals surface area contributed by atoms with Gasteiger partial charge in [0.15, 0.2) is 17.5 Å². The summed E-state index contributed by atoms with van der Waals surface area (Å²) in [6.07, 6.45) is 1.81. The van der Waals surface area contributed by atoms with Crippen LogP contribution in [0, 0.1) is 11.6 Å². The van der Waals surface area contributed by atoms with Crippen molar-refractivity contribution in [2.45, 2.75) is 0 Å². The lowest BCUT2D eigenvalue weighted by molar-refractivity contribution is 0.133. The Balaban J connectivity index is 1.16. The smallest absolute Gasteiger partial charge is 0.331 e. The van der Waals surface area contributed by atoms with Crippen LogP contribution in [0.1, 0.15) is 0 Å². The van der Waals surface area contributed by atoms with E-state index in [4.69, 9.17) is 4.74 Å². The molecule has 4 aliphatic rings. The molecule has 4 heterocycles. The number of benzene rings is 1. The maximum Gasteiger partial charge on any atom is 0.331 e. The molecule has 4 aliphatic heterocycles. The molecule has 0 radical (unpaired) electrons. The van der Waals surface area contributed by atoms with E-state index in [1.54, 1.807) is 9.80 Å². The average Bonchev–Trinajstić information content (AvgIpc) is 3.21. The monoisotopic (exact) mass is 490 g/mol. The Bertz CT molecular complexity index is 996. The average molecular weight is 491 g/mol. The van der Waals surface area contributed by atoms with Gasteiger partial charge in [0, 0.05) is 84.3 Å². The quantitative estimate of drug-likeness (QED) is 0.655. The Morgan fingerprint density at radius 1 is 0.971 bits per heavy atom. The Labute approximate surface area is 204 Å². The molecule has 0 bridgehead atoms. The van der Waals surface area contributed by atoms with E-state index >= 15 is 0 Å². The minimum Gasteiger partial charge on any atom is -0.492 e. The number of nitrogens with one attached hydrogen (secondary N) is 1. The van der Waals surface area contributed by atoms with E-state index in [0.717, 1.165) is 32.7 Å². The minimum atomic E-state index is -0.633. The van der Waals surface area contributed by atoms with Gasteiger partial charge in [-0.15, -0.1) is 0 Å². The van der Waals surface area contributed by atoms with Crippen molar-refractivity contribution >= 4 is 17.7 Å². The molecule has 0 aromatic heterocycles. The van der Waals surface area contributed by atoms with Crippen LogP contribution in [0.15, 0.2) is 29.1 Å². The van der Waals surface area contributed by atoms with E-state index in [0.29, 0.717) is 51.2 Å². The third kappa shape index (κ3) is 5.13. The van der Waals surface area contributed by atoms with Crippen LogP contribution in [0.4, 0.5) is 19.3 Å². The highest BCUT2D eigenvalue weighted by atomic mass is 19.1. The van der Waals surface area contributed by atoms with Crippen molar-refractivity contribution in [2.24, 2.45) is 4.99 Å². The molecule has 0 atom stereocenters. The summed E-state index contributed by atoms with van der Waals surface area (Å²) in [6, 6.07) is 2.30. The number of rotatable bonds is 5. The maximum atomic E-state index is 14.9. The zero-order chi connectivity index (χ0) is 24.5. The summed E-state index contributed by atoms with van der Waals surface area (Å²) in [4.78, 5) is 28.5. The fourth-order valence-corrected chi connectivity index (χ4v) is 4.74. The van der Waals surface area contributed by atoms with Crippen LogP contribution < -0.4 is 15.0 Å². The predicted molar refractivity (Wildman–Crippen MR) is 128 cm³/mol. The second-order valence-electron chi connectivity index (χ2n) is 9.38. The number of amides is 2. The number of anilines is 1. The van der Waals surface area contributed by atoms with Gasteiger partial charge in [0.1, 0.15) is 24.7 Å². The van der Waals surface area contributed by atoms with Crippen LogP contribution >= 0.6 is 0 Å². The molecule has 0 aliphatic carbocycles. The van der Waals surface area contributed by atoms with E-state index in [1.807, 2.05) is 23.0 Å². The lowest BCUT2D eigenvalue weighted by Crippen LogP contribution is -2.57. The van der Waals surface area contributed by atoms with Crippen molar-refractivity contribution in [1.82, 2.24) is 29.8 Å². The number of nitrogens with zero attached hydrogens (tertiary/aromatic N) is 7. The Hall–Kier alpha value is -3.12. The number of piperazine rings is 2. The number of carbonyl (C=O) groups is 1. The maximum absolute atomic E-state index is 14.9. The number of halogens is 2. The van der Waals surface area contributed by atoms with Crippen molar-refractivity contribution in [3.05, 3.63) is 35.8 Å². The molecule has 2 fully saturated rings. The van der Waals surface area contributed by atoms with Gasteiger partial charge in [-0.1, -0.05) is 0 Å². The molecule has 12 heteroatoms. The van der Waals surface area contributed by atoms with Crippen LogP contribution in [0.5, 0.6) is 5.75 Å². The van der Waals surface area contributed by atoms with Crippen LogP contribution in [-0.2, 0) is 0 Å². The number of guanidine groups is 1. The van der Waals surface area contributed by atoms with Crippen molar-refractivity contribution in [2.75, 3.05) is 91.2 Å². The summed E-state index contributed by atoms with van der Waals surface area (Å²) in [7, 11) is 3.97. The highest BCUT2D eigenvalue weighted by Gasteiger charge is 2.33. The number of hydrogen-bond donors (Lipinski definition) is 1. The Morgan fingerprint density at radius 3 is 2.31 bits per heavy atom. The van der Waals surface area contributed by atoms with E-state index in [2.05, 4.69) is 27.2 Å². The van der Waals surface area contributed by atoms with Gasteiger partial charge in [-0.2, -0.15) is 4.99 Å². The number of fused-ring (bicyclic) bond motifs is 1. The normalized spacial score (nSPS) is 21.7. The van der Waals surface area contributed by atoms with E-state index < -0.39 is 11.6 Å². The van der Waals surface area contributed by atoms with Crippen LogP contribution in [0.2, 0.25) is 0 Å². The van der Waals surface area contributed by atoms with Crippen molar-refractivity contribution in [3.63, 3.8) is 0 Å². The first-order valence-electron chi connectivity index (χ1n) is 12.0. The highest BCUT2D eigenvalue weighted by molar-refractivity contribution is 5.99. The van der Waals surface area contributed by atoms with Crippen molar-refractivity contribution in [1.29, 1.82) is 0 Å². The lowest BCUT2D eigenvalue weighted by Gasteiger charge is -2.39. The zero-order valence-corrected chi connectivity index (χ0v) is 20.2. The number of urea groups is 1. The summed E-state index contributed by atoms with van der Waals surface area (Å²) >= 11 is 0. The predicted octanol–water partition coefficient (Wildman–Crippen LogP) is 0.796. The van der Waals surface area contributed by atoms with Crippen LogP contribution in [-0.4, -0.2) is 123 Å². The minimum absolute atomic E-state index is 0.0445. The van der Waals surface area contributed by atoms with Crippen LogP contribution in [0.3, 0.4) is 0 Å².